The van der Waals surface area contributed by atoms with E-state index in [2.05, 4.69) is 6.07 Å². The number of carbonyl (C=O) groups is 3. The predicted molar refractivity (Wildman–Crippen MR) is 100 cm³/mol. The van der Waals surface area contributed by atoms with Crippen molar-refractivity contribution in [2.24, 2.45) is 5.73 Å². The molecule has 0 radical (unpaired) electrons. The molecule has 0 bridgehead atoms. The van der Waals surface area contributed by atoms with E-state index in [1.807, 2.05) is 0 Å². The van der Waals surface area contributed by atoms with Crippen molar-refractivity contribution in [2.75, 3.05) is 6.61 Å². The summed E-state index contributed by atoms with van der Waals surface area (Å²) in [7, 11) is 0. The number of nitrogens with zero attached hydrogens (tertiary/aromatic N) is 2. The largest absolute Gasteiger partial charge is 0.481 e. The molecule has 2 aliphatic heterocycles. The highest BCUT2D eigenvalue weighted by Gasteiger charge is 2.48. The number of carbonyl (C=O) groups excluding carboxylic acids is 2. The van der Waals surface area contributed by atoms with E-state index in [9.17, 15) is 19.6 Å². The maximum atomic E-state index is 12.7. The smallest absolute Gasteiger partial charge is 0.338 e. The number of thioether (sulfide) groups is 1. The normalized spacial score (nSPS) is 21.4. The first kappa shape index (κ1) is 19.5. The monoisotopic (exact) mass is 399 g/mol. The maximum Gasteiger partial charge on any atom is 0.338 e. The fraction of sp³-hybridized carbons (Fsp3) is 0.263. The number of nitriles is 1. The second-order valence-corrected chi connectivity index (χ2v) is 7.26. The molecule has 2 unspecified atom stereocenters. The summed E-state index contributed by atoms with van der Waals surface area (Å²) in [5, 5.41) is 18.3. The number of nitrogens with two attached hydrogens (primary N) is 1. The van der Waals surface area contributed by atoms with Gasteiger partial charge < -0.3 is 15.6 Å². The molecule has 1 aromatic rings. The molecule has 0 spiro atoms. The molecule has 28 heavy (non-hydrogen) atoms. The lowest BCUT2D eigenvalue weighted by molar-refractivity contribution is -0.140. The molecule has 144 valence electrons. The molecule has 1 fully saturated rings. The summed E-state index contributed by atoms with van der Waals surface area (Å²) in [4.78, 5) is 37.6. The van der Waals surface area contributed by atoms with Crippen LogP contribution < -0.4 is 5.73 Å². The van der Waals surface area contributed by atoms with Gasteiger partial charge in [-0.05, 0) is 12.5 Å². The molecule has 2 atom stereocenters. The number of esters is 1. The molecule has 1 aromatic carbocycles. The van der Waals surface area contributed by atoms with Gasteiger partial charge in [-0.3, -0.25) is 14.5 Å². The van der Waals surface area contributed by atoms with Crippen LogP contribution in [0.25, 0.3) is 0 Å². The second-order valence-electron chi connectivity index (χ2n) is 6.07. The Kier molecular flexibility index (Phi) is 5.42. The van der Waals surface area contributed by atoms with Crippen molar-refractivity contribution in [1.82, 2.24) is 4.90 Å². The SMILES string of the molecule is CCOC(=O)C1=C(N)N2C(=O)C(CC(=O)O)SC2=C(C#N)C1c1ccccc1. The highest BCUT2D eigenvalue weighted by atomic mass is 32.2. The average molecular weight is 399 g/mol. The van der Waals surface area contributed by atoms with Crippen molar-refractivity contribution in [1.29, 1.82) is 5.26 Å². The van der Waals surface area contributed by atoms with Gasteiger partial charge in [-0.1, -0.05) is 42.1 Å². The van der Waals surface area contributed by atoms with Gasteiger partial charge in [0.1, 0.15) is 11.1 Å². The highest BCUT2D eigenvalue weighted by molar-refractivity contribution is 8.04. The molecular formula is C19H17N3O5S. The third kappa shape index (κ3) is 3.23. The first-order valence-electron chi connectivity index (χ1n) is 8.49. The number of ether oxygens (including phenoxy) is 1. The van der Waals surface area contributed by atoms with Crippen LogP contribution in [-0.4, -0.2) is 39.7 Å². The van der Waals surface area contributed by atoms with E-state index in [1.165, 1.54) is 0 Å². The highest BCUT2D eigenvalue weighted by Crippen LogP contribution is 2.49. The minimum atomic E-state index is -1.14. The van der Waals surface area contributed by atoms with Crippen LogP contribution in [0.5, 0.6) is 0 Å². The van der Waals surface area contributed by atoms with Crippen molar-refractivity contribution in [2.45, 2.75) is 24.5 Å². The molecule has 3 rings (SSSR count). The molecule has 1 amide bonds. The molecule has 2 heterocycles. The molecule has 3 N–H and O–H groups in total. The van der Waals surface area contributed by atoms with Gasteiger partial charge in [0.25, 0.3) is 0 Å². The molecule has 0 aliphatic carbocycles. The molecule has 0 aromatic heterocycles. The lowest BCUT2D eigenvalue weighted by Gasteiger charge is -2.31. The van der Waals surface area contributed by atoms with Crippen LogP contribution in [0, 0.1) is 11.3 Å². The Hall–Kier alpha value is -3.25. The average Bonchev–Trinajstić information content (AvgIpc) is 2.98. The van der Waals surface area contributed by atoms with E-state index in [0.717, 1.165) is 16.7 Å². The summed E-state index contributed by atoms with van der Waals surface area (Å²) in [6, 6.07) is 10.9. The molecule has 8 nitrogen and oxygen atoms in total. The van der Waals surface area contributed by atoms with Gasteiger partial charge in [0, 0.05) is 0 Å². The van der Waals surface area contributed by atoms with Gasteiger partial charge in [-0.15, -0.1) is 0 Å². The molecule has 2 aliphatic rings. The van der Waals surface area contributed by atoms with Crippen LogP contribution in [0.15, 0.2) is 52.3 Å². The Labute approximate surface area is 165 Å². The number of allylic oxidation sites excluding steroid dienone is 1. The van der Waals surface area contributed by atoms with Crippen molar-refractivity contribution in [3.8, 4) is 6.07 Å². The van der Waals surface area contributed by atoms with E-state index in [4.69, 9.17) is 15.6 Å². The quantitative estimate of drug-likeness (QED) is 0.714. The number of hydrogen-bond donors (Lipinski definition) is 2. The molecule has 1 saturated heterocycles. The van der Waals surface area contributed by atoms with Gasteiger partial charge >= 0.3 is 11.9 Å². The van der Waals surface area contributed by atoms with Gasteiger partial charge in [0.2, 0.25) is 5.91 Å². The fourth-order valence-corrected chi connectivity index (χ4v) is 4.53. The minimum Gasteiger partial charge on any atom is -0.481 e. The number of hydrogen-bond acceptors (Lipinski definition) is 7. The summed E-state index contributed by atoms with van der Waals surface area (Å²) in [6.07, 6.45) is -0.416. The van der Waals surface area contributed by atoms with E-state index in [0.29, 0.717) is 5.56 Å². The van der Waals surface area contributed by atoms with Crippen molar-refractivity contribution < 1.29 is 24.2 Å². The molecule has 9 heteroatoms. The number of amides is 1. The van der Waals surface area contributed by atoms with Crippen LogP contribution in [-0.2, 0) is 19.1 Å². The summed E-state index contributed by atoms with van der Waals surface area (Å²) >= 11 is 0.979. The number of aliphatic carboxylic acids is 1. The summed E-state index contributed by atoms with van der Waals surface area (Å²) in [6.45, 7) is 1.74. The van der Waals surface area contributed by atoms with Gasteiger partial charge in [-0.25, -0.2) is 4.79 Å². The Morgan fingerprint density at radius 2 is 2.04 bits per heavy atom. The van der Waals surface area contributed by atoms with E-state index < -0.39 is 35.4 Å². The number of fused-ring (bicyclic) bond motifs is 1. The van der Waals surface area contributed by atoms with Crippen LogP contribution >= 0.6 is 11.8 Å². The minimum absolute atomic E-state index is 0.00160. The van der Waals surface area contributed by atoms with Crippen LogP contribution in [0.4, 0.5) is 0 Å². The van der Waals surface area contributed by atoms with E-state index in [1.54, 1.807) is 37.3 Å². The van der Waals surface area contributed by atoms with Crippen LogP contribution in [0.3, 0.4) is 0 Å². The van der Waals surface area contributed by atoms with Crippen molar-refractivity contribution in [3.05, 3.63) is 57.9 Å². The Balaban J connectivity index is 2.20. The first-order chi connectivity index (χ1) is 13.4. The number of benzene rings is 1. The number of carboxylic acids is 1. The Bertz CT molecular complexity index is 948. The van der Waals surface area contributed by atoms with E-state index >= 15 is 0 Å². The number of rotatable bonds is 5. The zero-order chi connectivity index (χ0) is 20.4. The zero-order valence-electron chi connectivity index (χ0n) is 14.9. The van der Waals surface area contributed by atoms with Crippen molar-refractivity contribution in [3.63, 3.8) is 0 Å². The van der Waals surface area contributed by atoms with Gasteiger partial charge in [-0.2, -0.15) is 5.26 Å². The topological polar surface area (TPSA) is 134 Å². The summed E-state index contributed by atoms with van der Waals surface area (Å²) < 4.78 is 5.12. The van der Waals surface area contributed by atoms with Gasteiger partial charge in [0.05, 0.1) is 41.2 Å². The lowest BCUT2D eigenvalue weighted by atomic mass is 9.83. The lowest BCUT2D eigenvalue weighted by Crippen LogP contribution is -2.39. The maximum absolute atomic E-state index is 12.7. The first-order valence-corrected chi connectivity index (χ1v) is 9.37. The standard InChI is InChI=1S/C19H17N3O5S/c1-2-27-19(26)15-14(10-6-4-3-5-7-10)11(9-20)18-22(16(15)21)17(25)12(28-18)8-13(23)24/h3-7,12,14H,2,8,21H2,1H3,(H,23,24). The van der Waals surface area contributed by atoms with Gasteiger partial charge in [0.15, 0.2) is 0 Å². The summed E-state index contributed by atoms with van der Waals surface area (Å²) in [5.41, 5.74) is 7.01. The Morgan fingerprint density at radius 1 is 1.36 bits per heavy atom. The molecular weight excluding hydrogens is 382 g/mol. The molecule has 0 saturated carbocycles. The van der Waals surface area contributed by atoms with Crippen LogP contribution in [0.1, 0.15) is 24.8 Å². The third-order valence-electron chi connectivity index (χ3n) is 4.39. The van der Waals surface area contributed by atoms with E-state index in [-0.39, 0.29) is 28.6 Å². The summed E-state index contributed by atoms with van der Waals surface area (Å²) in [5.74, 6) is -3.37. The Morgan fingerprint density at radius 3 is 2.61 bits per heavy atom. The third-order valence-corrected chi connectivity index (χ3v) is 5.66. The zero-order valence-corrected chi connectivity index (χ0v) is 15.7. The number of carboxylic acid groups (broad SMARTS) is 1. The second kappa shape index (κ2) is 7.78. The predicted octanol–water partition coefficient (Wildman–Crippen LogP) is 1.67. The van der Waals surface area contributed by atoms with Crippen molar-refractivity contribution >= 4 is 29.6 Å². The van der Waals surface area contributed by atoms with Crippen LogP contribution in [0.2, 0.25) is 0 Å². The fourth-order valence-electron chi connectivity index (χ4n) is 3.24.